The average molecular weight is 396 g/mol. The molecule has 9 heteroatoms. The summed E-state index contributed by atoms with van der Waals surface area (Å²) < 4.78 is 43.9. The van der Waals surface area contributed by atoms with Crippen LogP contribution in [0.25, 0.3) is 11.1 Å². The highest BCUT2D eigenvalue weighted by atomic mass is 19.4. The second kappa shape index (κ2) is 7.31. The van der Waals surface area contributed by atoms with Crippen molar-refractivity contribution >= 4 is 11.1 Å². The van der Waals surface area contributed by atoms with Crippen LogP contribution in [0.1, 0.15) is 30.2 Å². The molecule has 0 atom stereocenters. The monoisotopic (exact) mass is 396 g/mol. The Kier molecular flexibility index (Phi) is 5.20. The van der Waals surface area contributed by atoms with E-state index < -0.39 is 17.6 Å². The molecule has 1 N–H and O–H groups in total. The highest BCUT2D eigenvalue weighted by molar-refractivity contribution is 5.95. The van der Waals surface area contributed by atoms with Gasteiger partial charge in [-0.25, -0.2) is 4.79 Å². The highest BCUT2D eigenvalue weighted by Crippen LogP contribution is 2.37. The minimum absolute atomic E-state index is 0.0958. The standard InChI is InChI=1S/C19H19F3N2O4/c1-11-14(12-5-3-6-13(9-12)28-19(20,21)22)10-15-16(11)23(2)18(27)24(17(15)26)7-4-8-25/h3,5-6,9,25H,4,7-8,10H2,1-2H3. The number of ether oxygens (including phenoxy) is 1. The number of alkyl halides is 3. The Labute approximate surface area is 158 Å². The number of rotatable bonds is 5. The van der Waals surface area contributed by atoms with Crippen LogP contribution >= 0.6 is 0 Å². The van der Waals surface area contributed by atoms with E-state index >= 15 is 0 Å². The van der Waals surface area contributed by atoms with E-state index in [2.05, 4.69) is 4.74 Å². The minimum atomic E-state index is -4.80. The predicted octanol–water partition coefficient (Wildman–Crippen LogP) is 2.31. The Morgan fingerprint density at radius 1 is 1.25 bits per heavy atom. The first kappa shape index (κ1) is 19.9. The Bertz CT molecular complexity index is 1060. The molecule has 0 spiro atoms. The van der Waals surface area contributed by atoms with Gasteiger partial charge in [0, 0.05) is 32.2 Å². The number of fused-ring (bicyclic) bond motifs is 1. The van der Waals surface area contributed by atoms with E-state index in [9.17, 15) is 22.8 Å². The molecule has 6 nitrogen and oxygen atoms in total. The van der Waals surface area contributed by atoms with Crippen LogP contribution in [-0.2, 0) is 20.0 Å². The number of aliphatic hydroxyl groups is 1. The van der Waals surface area contributed by atoms with Crippen LogP contribution in [0.4, 0.5) is 13.2 Å². The molecule has 150 valence electrons. The lowest BCUT2D eigenvalue weighted by Crippen LogP contribution is -2.42. The van der Waals surface area contributed by atoms with Crippen LogP contribution in [0.2, 0.25) is 0 Å². The maximum absolute atomic E-state index is 12.8. The molecule has 1 aliphatic carbocycles. The number of allylic oxidation sites excluding steroid dienone is 2. The number of aliphatic hydroxyl groups excluding tert-OH is 1. The molecule has 1 aliphatic rings. The van der Waals surface area contributed by atoms with Gasteiger partial charge in [0.05, 0.1) is 5.69 Å². The second-order valence-corrected chi connectivity index (χ2v) is 6.56. The summed E-state index contributed by atoms with van der Waals surface area (Å²) in [6.07, 6.45) is -4.34. The molecule has 0 saturated carbocycles. The van der Waals surface area contributed by atoms with Crippen molar-refractivity contribution in [3.05, 3.63) is 61.9 Å². The van der Waals surface area contributed by atoms with Crippen molar-refractivity contribution in [3.63, 3.8) is 0 Å². The van der Waals surface area contributed by atoms with Crippen molar-refractivity contribution < 1.29 is 23.0 Å². The first-order valence-corrected chi connectivity index (χ1v) is 8.64. The zero-order valence-electron chi connectivity index (χ0n) is 15.3. The molecule has 1 heterocycles. The SMILES string of the molecule is CC1=C(c2cccc(OC(F)(F)F)c2)Cc2c1n(C)c(=O)n(CCCO)c2=O. The lowest BCUT2D eigenvalue weighted by molar-refractivity contribution is -0.274. The van der Waals surface area contributed by atoms with Crippen LogP contribution in [0.15, 0.2) is 33.9 Å². The molecular formula is C19H19F3N2O4. The highest BCUT2D eigenvalue weighted by Gasteiger charge is 2.32. The molecule has 0 radical (unpaired) electrons. The Morgan fingerprint density at radius 3 is 2.61 bits per heavy atom. The fourth-order valence-corrected chi connectivity index (χ4v) is 3.55. The Balaban J connectivity index is 2.07. The summed E-state index contributed by atoms with van der Waals surface area (Å²) in [5, 5.41) is 8.99. The van der Waals surface area contributed by atoms with Crippen molar-refractivity contribution in [3.8, 4) is 5.75 Å². The number of aromatic nitrogens is 2. The van der Waals surface area contributed by atoms with E-state index in [4.69, 9.17) is 5.11 Å². The van der Waals surface area contributed by atoms with Gasteiger partial charge in [-0.2, -0.15) is 0 Å². The Morgan fingerprint density at radius 2 is 1.96 bits per heavy atom. The van der Waals surface area contributed by atoms with Gasteiger partial charge in [-0.1, -0.05) is 12.1 Å². The molecule has 1 aromatic carbocycles. The maximum atomic E-state index is 12.8. The summed E-state index contributed by atoms with van der Waals surface area (Å²) in [7, 11) is 1.55. The topological polar surface area (TPSA) is 73.5 Å². The summed E-state index contributed by atoms with van der Waals surface area (Å²) in [6, 6.07) is 5.54. The van der Waals surface area contributed by atoms with Gasteiger partial charge in [0.1, 0.15) is 5.75 Å². The van der Waals surface area contributed by atoms with Crippen molar-refractivity contribution in [2.45, 2.75) is 32.7 Å². The summed E-state index contributed by atoms with van der Waals surface area (Å²) in [4.78, 5) is 25.3. The molecule has 0 aliphatic heterocycles. The minimum Gasteiger partial charge on any atom is -0.406 e. The zero-order valence-corrected chi connectivity index (χ0v) is 15.3. The third-order valence-corrected chi connectivity index (χ3v) is 4.76. The van der Waals surface area contributed by atoms with E-state index in [1.165, 1.54) is 22.8 Å². The third kappa shape index (κ3) is 3.62. The normalized spacial score (nSPS) is 13.8. The fourth-order valence-electron chi connectivity index (χ4n) is 3.55. The maximum Gasteiger partial charge on any atom is 0.573 e. The smallest absolute Gasteiger partial charge is 0.406 e. The average Bonchev–Trinajstić information content (AvgIpc) is 2.96. The van der Waals surface area contributed by atoms with E-state index in [-0.39, 0.29) is 31.7 Å². The number of hydrogen-bond donors (Lipinski definition) is 1. The molecule has 0 unspecified atom stereocenters. The van der Waals surface area contributed by atoms with E-state index in [0.717, 1.165) is 4.57 Å². The van der Waals surface area contributed by atoms with E-state index in [1.54, 1.807) is 20.0 Å². The largest absolute Gasteiger partial charge is 0.573 e. The van der Waals surface area contributed by atoms with Crippen LogP contribution in [0.5, 0.6) is 5.75 Å². The summed E-state index contributed by atoms with van der Waals surface area (Å²) in [6.45, 7) is 1.68. The summed E-state index contributed by atoms with van der Waals surface area (Å²) in [5.41, 5.74) is 1.77. The van der Waals surface area contributed by atoms with Crippen molar-refractivity contribution in [1.29, 1.82) is 0 Å². The van der Waals surface area contributed by atoms with Crippen molar-refractivity contribution in [2.75, 3.05) is 6.61 Å². The number of halogens is 3. The first-order valence-electron chi connectivity index (χ1n) is 8.64. The fraction of sp³-hybridized carbons (Fsp3) is 0.368. The van der Waals surface area contributed by atoms with Gasteiger partial charge in [-0.05, 0) is 42.2 Å². The van der Waals surface area contributed by atoms with Crippen molar-refractivity contribution in [2.24, 2.45) is 7.05 Å². The van der Waals surface area contributed by atoms with Gasteiger partial charge in [0.15, 0.2) is 0 Å². The first-order chi connectivity index (χ1) is 13.1. The number of benzene rings is 1. The molecule has 1 aromatic heterocycles. The van der Waals surface area contributed by atoms with Crippen LogP contribution in [-0.4, -0.2) is 27.2 Å². The number of hydrogen-bond acceptors (Lipinski definition) is 4. The summed E-state index contributed by atoms with van der Waals surface area (Å²) in [5.74, 6) is -0.351. The lowest BCUT2D eigenvalue weighted by atomic mass is 10.0. The van der Waals surface area contributed by atoms with Gasteiger partial charge >= 0.3 is 12.1 Å². The van der Waals surface area contributed by atoms with Crippen LogP contribution in [0, 0.1) is 0 Å². The van der Waals surface area contributed by atoms with Gasteiger partial charge in [-0.15, -0.1) is 13.2 Å². The zero-order chi connectivity index (χ0) is 20.6. The predicted molar refractivity (Wildman–Crippen MR) is 97.0 cm³/mol. The molecule has 0 saturated heterocycles. The molecule has 28 heavy (non-hydrogen) atoms. The van der Waals surface area contributed by atoms with Crippen molar-refractivity contribution in [1.82, 2.24) is 9.13 Å². The summed E-state index contributed by atoms with van der Waals surface area (Å²) >= 11 is 0. The number of nitrogens with zero attached hydrogens (tertiary/aromatic N) is 2. The quantitative estimate of drug-likeness (QED) is 0.842. The third-order valence-electron chi connectivity index (χ3n) is 4.76. The van der Waals surface area contributed by atoms with Crippen LogP contribution in [0.3, 0.4) is 0 Å². The Hall–Kier alpha value is -2.81. The van der Waals surface area contributed by atoms with Gasteiger partial charge in [0.25, 0.3) is 5.56 Å². The molecular weight excluding hydrogens is 377 g/mol. The van der Waals surface area contributed by atoms with Gasteiger partial charge in [-0.3, -0.25) is 13.9 Å². The van der Waals surface area contributed by atoms with E-state index in [1.807, 2.05) is 0 Å². The molecule has 0 fully saturated rings. The van der Waals surface area contributed by atoms with Gasteiger partial charge < -0.3 is 9.84 Å². The lowest BCUT2D eigenvalue weighted by Gasteiger charge is -2.12. The molecule has 2 aromatic rings. The van der Waals surface area contributed by atoms with Crippen LogP contribution < -0.4 is 16.0 Å². The molecule has 0 bridgehead atoms. The molecule has 0 amide bonds. The second-order valence-electron chi connectivity index (χ2n) is 6.56. The molecule has 3 rings (SSSR count). The van der Waals surface area contributed by atoms with Gasteiger partial charge in [0.2, 0.25) is 0 Å². The van der Waals surface area contributed by atoms with E-state index in [0.29, 0.717) is 28.0 Å².